The van der Waals surface area contributed by atoms with Crippen molar-refractivity contribution in [3.05, 3.63) is 71.2 Å². The van der Waals surface area contributed by atoms with E-state index in [9.17, 15) is 9.18 Å². The molecule has 0 aliphatic rings. The summed E-state index contributed by atoms with van der Waals surface area (Å²) in [6.07, 6.45) is 0. The van der Waals surface area contributed by atoms with Gasteiger partial charge in [-0.25, -0.2) is 4.39 Å². The number of aryl methyl sites for hydroxylation is 1. The SMILES string of the molecule is COc1cccc([C@@H](C)NC(=O)c2cc(C)nc3cc(F)ccc23)c1. The van der Waals surface area contributed by atoms with E-state index < -0.39 is 0 Å². The van der Waals surface area contributed by atoms with Crippen LogP contribution >= 0.6 is 0 Å². The summed E-state index contributed by atoms with van der Waals surface area (Å²) in [6, 6.07) is 13.3. The first-order valence-corrected chi connectivity index (χ1v) is 7.99. The highest BCUT2D eigenvalue weighted by Gasteiger charge is 2.16. The highest BCUT2D eigenvalue weighted by atomic mass is 19.1. The molecule has 4 nitrogen and oxygen atoms in total. The first-order valence-electron chi connectivity index (χ1n) is 7.99. The van der Waals surface area contributed by atoms with Gasteiger partial charge in [-0.05, 0) is 49.7 Å². The lowest BCUT2D eigenvalue weighted by Gasteiger charge is -2.16. The third-order valence-corrected chi connectivity index (χ3v) is 4.09. The number of fused-ring (bicyclic) bond motifs is 1. The Kier molecular flexibility index (Phi) is 4.65. The predicted octanol–water partition coefficient (Wildman–Crippen LogP) is 4.18. The maximum atomic E-state index is 13.5. The Balaban J connectivity index is 1.91. The fourth-order valence-corrected chi connectivity index (χ4v) is 2.79. The molecule has 0 aliphatic heterocycles. The molecular formula is C20H19FN2O2. The van der Waals surface area contributed by atoms with Gasteiger partial charge in [0.25, 0.3) is 5.91 Å². The number of pyridine rings is 1. The van der Waals surface area contributed by atoms with Crippen molar-refractivity contribution in [3.63, 3.8) is 0 Å². The molecule has 0 spiro atoms. The summed E-state index contributed by atoms with van der Waals surface area (Å²) in [4.78, 5) is 17.1. The van der Waals surface area contributed by atoms with Crippen molar-refractivity contribution in [3.8, 4) is 5.75 Å². The summed E-state index contributed by atoms with van der Waals surface area (Å²) in [7, 11) is 1.60. The third kappa shape index (κ3) is 3.60. The number of aromatic nitrogens is 1. The van der Waals surface area contributed by atoms with E-state index in [4.69, 9.17) is 4.74 Å². The van der Waals surface area contributed by atoms with Gasteiger partial charge in [0.15, 0.2) is 0 Å². The lowest BCUT2D eigenvalue weighted by atomic mass is 10.0. The molecule has 0 aliphatic carbocycles. The molecule has 0 bridgehead atoms. The average molecular weight is 338 g/mol. The number of rotatable bonds is 4. The fraction of sp³-hybridized carbons (Fsp3) is 0.200. The zero-order valence-electron chi connectivity index (χ0n) is 14.3. The number of nitrogens with one attached hydrogen (secondary N) is 1. The van der Waals surface area contributed by atoms with Crippen LogP contribution in [0.3, 0.4) is 0 Å². The number of carbonyl (C=O) groups excluding carboxylic acids is 1. The number of hydrogen-bond donors (Lipinski definition) is 1. The zero-order valence-corrected chi connectivity index (χ0v) is 14.3. The van der Waals surface area contributed by atoms with Crippen LogP contribution in [0.25, 0.3) is 10.9 Å². The van der Waals surface area contributed by atoms with Crippen LogP contribution in [0.1, 0.15) is 34.6 Å². The molecule has 128 valence electrons. The van der Waals surface area contributed by atoms with Crippen molar-refractivity contribution < 1.29 is 13.9 Å². The minimum Gasteiger partial charge on any atom is -0.497 e. The van der Waals surface area contributed by atoms with Gasteiger partial charge in [0, 0.05) is 17.1 Å². The van der Waals surface area contributed by atoms with Gasteiger partial charge in [0.2, 0.25) is 0 Å². The van der Waals surface area contributed by atoms with E-state index in [2.05, 4.69) is 10.3 Å². The molecule has 3 rings (SSSR count). The summed E-state index contributed by atoms with van der Waals surface area (Å²) in [5, 5.41) is 3.61. The van der Waals surface area contributed by atoms with Crippen molar-refractivity contribution in [1.29, 1.82) is 0 Å². The number of hydrogen-bond acceptors (Lipinski definition) is 3. The Bertz CT molecular complexity index is 935. The van der Waals surface area contributed by atoms with Gasteiger partial charge in [-0.1, -0.05) is 12.1 Å². The second kappa shape index (κ2) is 6.89. The molecule has 1 atom stereocenters. The second-order valence-electron chi connectivity index (χ2n) is 5.94. The van der Waals surface area contributed by atoms with Gasteiger partial charge in [0.05, 0.1) is 24.2 Å². The molecule has 0 radical (unpaired) electrons. The van der Waals surface area contributed by atoms with Crippen LogP contribution in [0.4, 0.5) is 4.39 Å². The Hall–Kier alpha value is -2.95. The van der Waals surface area contributed by atoms with Crippen LogP contribution in [-0.2, 0) is 0 Å². The smallest absolute Gasteiger partial charge is 0.252 e. The Morgan fingerprint density at radius 3 is 2.76 bits per heavy atom. The van der Waals surface area contributed by atoms with E-state index in [1.807, 2.05) is 31.2 Å². The number of nitrogens with zero attached hydrogens (tertiary/aromatic N) is 1. The molecule has 0 fully saturated rings. The van der Waals surface area contributed by atoms with Crippen molar-refractivity contribution in [2.24, 2.45) is 0 Å². The number of methoxy groups -OCH3 is 1. The lowest BCUT2D eigenvalue weighted by molar-refractivity contribution is 0.0941. The van der Waals surface area contributed by atoms with E-state index in [-0.39, 0.29) is 17.8 Å². The maximum absolute atomic E-state index is 13.5. The van der Waals surface area contributed by atoms with E-state index in [1.165, 1.54) is 12.1 Å². The number of carbonyl (C=O) groups is 1. The minimum atomic E-state index is -0.373. The number of amides is 1. The van der Waals surface area contributed by atoms with Crippen molar-refractivity contribution >= 4 is 16.8 Å². The molecule has 3 aromatic rings. The highest BCUT2D eigenvalue weighted by Crippen LogP contribution is 2.22. The standard InChI is InChI=1S/C20H19FN2O2/c1-12-9-18(17-8-7-15(21)11-19(17)22-12)20(24)23-13(2)14-5-4-6-16(10-14)25-3/h4-11,13H,1-3H3,(H,23,24)/t13-/m1/s1. The van der Waals surface area contributed by atoms with Crippen molar-refractivity contribution in [2.45, 2.75) is 19.9 Å². The van der Waals surface area contributed by atoms with E-state index in [1.54, 1.807) is 26.2 Å². The lowest BCUT2D eigenvalue weighted by Crippen LogP contribution is -2.27. The molecule has 2 aromatic carbocycles. The maximum Gasteiger partial charge on any atom is 0.252 e. The molecule has 1 heterocycles. The third-order valence-electron chi connectivity index (χ3n) is 4.09. The molecule has 0 unspecified atom stereocenters. The van der Waals surface area contributed by atoms with Gasteiger partial charge in [-0.3, -0.25) is 9.78 Å². The molecule has 1 N–H and O–H groups in total. The first-order chi connectivity index (χ1) is 12.0. The summed E-state index contributed by atoms with van der Waals surface area (Å²) < 4.78 is 18.7. The van der Waals surface area contributed by atoms with Gasteiger partial charge in [-0.15, -0.1) is 0 Å². The minimum absolute atomic E-state index is 0.202. The second-order valence-corrected chi connectivity index (χ2v) is 5.94. The topological polar surface area (TPSA) is 51.2 Å². The molecule has 1 amide bonds. The Morgan fingerprint density at radius 2 is 2.00 bits per heavy atom. The fourth-order valence-electron chi connectivity index (χ4n) is 2.79. The molecule has 0 saturated carbocycles. The van der Waals surface area contributed by atoms with Crippen LogP contribution in [0.2, 0.25) is 0 Å². The highest BCUT2D eigenvalue weighted by molar-refractivity contribution is 6.06. The average Bonchev–Trinajstić information content (AvgIpc) is 2.60. The van der Waals surface area contributed by atoms with Gasteiger partial charge < -0.3 is 10.1 Å². The number of benzene rings is 2. The summed E-state index contributed by atoms with van der Waals surface area (Å²) in [5.74, 6) is 0.137. The Morgan fingerprint density at radius 1 is 1.20 bits per heavy atom. The van der Waals surface area contributed by atoms with Gasteiger partial charge >= 0.3 is 0 Å². The van der Waals surface area contributed by atoms with Crippen LogP contribution in [0.5, 0.6) is 5.75 Å². The normalized spacial score (nSPS) is 12.0. The van der Waals surface area contributed by atoms with Crippen molar-refractivity contribution in [2.75, 3.05) is 7.11 Å². The quantitative estimate of drug-likeness (QED) is 0.776. The predicted molar refractivity (Wildman–Crippen MR) is 95.3 cm³/mol. The van der Waals surface area contributed by atoms with Crippen molar-refractivity contribution in [1.82, 2.24) is 10.3 Å². The van der Waals surface area contributed by atoms with Crippen LogP contribution < -0.4 is 10.1 Å². The number of ether oxygens (including phenoxy) is 1. The first kappa shape index (κ1) is 16.9. The molecule has 5 heteroatoms. The molecule has 25 heavy (non-hydrogen) atoms. The van der Waals surface area contributed by atoms with E-state index in [0.29, 0.717) is 22.2 Å². The summed E-state index contributed by atoms with van der Waals surface area (Å²) in [6.45, 7) is 3.69. The largest absolute Gasteiger partial charge is 0.497 e. The Labute approximate surface area is 145 Å². The van der Waals surface area contributed by atoms with E-state index >= 15 is 0 Å². The number of halogens is 1. The zero-order chi connectivity index (χ0) is 18.0. The van der Waals surface area contributed by atoms with Gasteiger partial charge in [0.1, 0.15) is 11.6 Å². The molecule has 1 aromatic heterocycles. The van der Waals surface area contributed by atoms with E-state index in [0.717, 1.165) is 11.3 Å². The molecular weight excluding hydrogens is 319 g/mol. The summed E-state index contributed by atoms with van der Waals surface area (Å²) >= 11 is 0. The van der Waals surface area contributed by atoms with Crippen LogP contribution in [0, 0.1) is 12.7 Å². The molecule has 0 saturated heterocycles. The van der Waals surface area contributed by atoms with Crippen LogP contribution in [-0.4, -0.2) is 18.0 Å². The summed E-state index contributed by atoms with van der Waals surface area (Å²) in [5.41, 5.74) is 2.56. The monoisotopic (exact) mass is 338 g/mol. The van der Waals surface area contributed by atoms with Gasteiger partial charge in [-0.2, -0.15) is 0 Å². The van der Waals surface area contributed by atoms with Crippen LogP contribution in [0.15, 0.2) is 48.5 Å².